The van der Waals surface area contributed by atoms with Gasteiger partial charge in [-0.05, 0) is 105 Å². The fourth-order valence-electron chi connectivity index (χ4n) is 5.72. The molecule has 2 aliphatic rings. The fourth-order valence-corrected chi connectivity index (χ4v) is 5.72. The van der Waals surface area contributed by atoms with E-state index in [1.807, 2.05) is 26.8 Å². The van der Waals surface area contributed by atoms with Crippen molar-refractivity contribution in [3.8, 4) is 0 Å². The summed E-state index contributed by atoms with van der Waals surface area (Å²) in [7, 11) is -0.248. The fraction of sp³-hybridized carbons (Fsp3) is 0.742. The molecule has 2 amide bonds. The molecule has 0 aromatic heterocycles. The molecule has 1 atom stereocenters. The maximum absolute atomic E-state index is 13.8. The Bertz CT molecular complexity index is 940. The summed E-state index contributed by atoms with van der Waals surface area (Å²) < 4.78 is 12.3. The van der Waals surface area contributed by atoms with Crippen molar-refractivity contribution in [1.82, 2.24) is 16.0 Å². The Morgan fingerprint density at radius 2 is 1.56 bits per heavy atom. The molecule has 7 nitrogen and oxygen atoms in total. The molecule has 1 heterocycles. The lowest BCUT2D eigenvalue weighted by molar-refractivity contribution is -0.139. The first kappa shape index (κ1) is 31.6. The molecule has 1 aliphatic carbocycles. The Morgan fingerprint density at radius 1 is 0.949 bits per heavy atom. The van der Waals surface area contributed by atoms with Crippen LogP contribution in [0.3, 0.4) is 0 Å². The molecular weight excluding hydrogens is 489 g/mol. The van der Waals surface area contributed by atoms with E-state index in [1.54, 1.807) is 0 Å². The number of aryl methyl sites for hydroxylation is 1. The van der Waals surface area contributed by atoms with Crippen LogP contribution in [0, 0.1) is 5.92 Å². The molecule has 1 aromatic carbocycles. The summed E-state index contributed by atoms with van der Waals surface area (Å²) in [4.78, 5) is 26.2. The maximum Gasteiger partial charge on any atom is 0.457 e. The molecule has 1 aliphatic heterocycles. The molecule has 0 radical (unpaired) electrons. The highest BCUT2D eigenvalue weighted by molar-refractivity contribution is 6.45. The van der Waals surface area contributed by atoms with Crippen LogP contribution in [0.5, 0.6) is 0 Å². The highest BCUT2D eigenvalue weighted by Gasteiger charge is 2.53. The predicted octanol–water partition coefficient (Wildman–Crippen LogP) is 5.04. The zero-order valence-electron chi connectivity index (χ0n) is 25.6. The van der Waals surface area contributed by atoms with Crippen LogP contribution in [0.1, 0.15) is 99.5 Å². The van der Waals surface area contributed by atoms with Crippen molar-refractivity contribution in [2.45, 2.75) is 135 Å². The third-order valence-electron chi connectivity index (χ3n) is 8.61. The molecule has 3 N–H and O–H groups in total. The number of benzene rings is 1. The molecule has 8 heteroatoms. The Kier molecular flexibility index (Phi) is 10.3. The molecule has 1 unspecified atom stereocenters. The van der Waals surface area contributed by atoms with E-state index in [1.165, 1.54) is 12.5 Å². The second kappa shape index (κ2) is 12.7. The lowest BCUT2D eigenvalue weighted by Gasteiger charge is -2.49. The zero-order chi connectivity index (χ0) is 28.9. The SMILES string of the molecule is CC(=O)NC(CCCCB1OC(C)(C)C(C)(C)O1)(C(=O)NC(C)(C)C)C1CC(NCCCc2ccccc2)C1. The zero-order valence-corrected chi connectivity index (χ0v) is 25.6. The molecule has 218 valence electrons. The van der Waals surface area contributed by atoms with Crippen LogP contribution in [0.15, 0.2) is 30.3 Å². The highest BCUT2D eigenvalue weighted by atomic mass is 16.7. The monoisotopic (exact) mass is 541 g/mol. The minimum atomic E-state index is -0.919. The Hall–Kier alpha value is -1.90. The molecule has 0 spiro atoms. The van der Waals surface area contributed by atoms with E-state index in [0.29, 0.717) is 12.5 Å². The normalized spacial score (nSPS) is 23.5. The third kappa shape index (κ3) is 8.54. The highest BCUT2D eigenvalue weighted by Crippen LogP contribution is 2.41. The average Bonchev–Trinajstić information content (AvgIpc) is 2.99. The standard InChI is InChI=1S/C31H52BN3O4/c1-23(36)34-31(27(37)35-28(2,3)4,18-12-13-19-32-38-29(5,6)30(7,8)39-32)25-21-26(22-25)33-20-14-17-24-15-10-9-11-16-24/h9-11,15-16,25-26,33H,12-14,17-22H2,1-8H3,(H,34,36)(H,35,37). The predicted molar refractivity (Wildman–Crippen MR) is 158 cm³/mol. The minimum absolute atomic E-state index is 0.0756. The Labute approximate surface area is 237 Å². The molecule has 3 rings (SSSR count). The lowest BCUT2D eigenvalue weighted by atomic mass is 9.64. The van der Waals surface area contributed by atoms with E-state index in [-0.39, 0.29) is 41.6 Å². The lowest BCUT2D eigenvalue weighted by Crippen LogP contribution is -2.68. The quantitative estimate of drug-likeness (QED) is 0.241. The van der Waals surface area contributed by atoms with Gasteiger partial charge >= 0.3 is 7.12 Å². The van der Waals surface area contributed by atoms with Crippen molar-refractivity contribution < 1.29 is 18.9 Å². The second-order valence-electron chi connectivity index (χ2n) is 13.7. The van der Waals surface area contributed by atoms with Gasteiger partial charge in [-0.15, -0.1) is 0 Å². The summed E-state index contributed by atoms with van der Waals surface area (Å²) in [5.74, 6) is -0.148. The van der Waals surface area contributed by atoms with Gasteiger partial charge in [0.2, 0.25) is 11.8 Å². The van der Waals surface area contributed by atoms with Crippen molar-refractivity contribution >= 4 is 18.9 Å². The average molecular weight is 542 g/mol. The number of carbonyl (C=O) groups is 2. The molecule has 2 fully saturated rings. The van der Waals surface area contributed by atoms with Gasteiger partial charge in [-0.3, -0.25) is 9.59 Å². The second-order valence-corrected chi connectivity index (χ2v) is 13.7. The van der Waals surface area contributed by atoms with E-state index in [0.717, 1.165) is 51.4 Å². The number of hydrogen-bond acceptors (Lipinski definition) is 5. The van der Waals surface area contributed by atoms with Crippen LogP contribution in [-0.2, 0) is 25.3 Å². The number of unbranched alkanes of at least 4 members (excludes halogenated alkanes) is 1. The molecule has 0 bridgehead atoms. The van der Waals surface area contributed by atoms with Crippen LogP contribution < -0.4 is 16.0 Å². The number of amides is 2. The van der Waals surface area contributed by atoms with Gasteiger partial charge in [0.15, 0.2) is 0 Å². The van der Waals surface area contributed by atoms with Gasteiger partial charge in [0.05, 0.1) is 11.2 Å². The van der Waals surface area contributed by atoms with Gasteiger partial charge in [0.1, 0.15) is 5.54 Å². The van der Waals surface area contributed by atoms with Crippen molar-refractivity contribution in [2.75, 3.05) is 6.54 Å². The summed E-state index contributed by atoms with van der Waals surface area (Å²) in [5.41, 5.74) is -0.646. The van der Waals surface area contributed by atoms with Crippen LogP contribution in [0.25, 0.3) is 0 Å². The van der Waals surface area contributed by atoms with E-state index in [4.69, 9.17) is 9.31 Å². The van der Waals surface area contributed by atoms with Crippen molar-refractivity contribution in [3.05, 3.63) is 35.9 Å². The van der Waals surface area contributed by atoms with Crippen molar-refractivity contribution in [2.24, 2.45) is 5.92 Å². The van der Waals surface area contributed by atoms with Crippen molar-refractivity contribution in [3.63, 3.8) is 0 Å². The van der Waals surface area contributed by atoms with Crippen LogP contribution in [0.4, 0.5) is 0 Å². The van der Waals surface area contributed by atoms with Gasteiger partial charge < -0.3 is 25.3 Å². The van der Waals surface area contributed by atoms with E-state index in [2.05, 4.69) is 67.9 Å². The number of nitrogens with one attached hydrogen (secondary N) is 3. The molecule has 39 heavy (non-hydrogen) atoms. The van der Waals surface area contributed by atoms with Gasteiger partial charge in [0.25, 0.3) is 0 Å². The number of rotatable bonds is 13. The molecule has 1 saturated carbocycles. The van der Waals surface area contributed by atoms with Gasteiger partial charge in [-0.1, -0.05) is 43.2 Å². The first-order valence-corrected chi connectivity index (χ1v) is 14.9. The van der Waals surface area contributed by atoms with Gasteiger partial charge in [0, 0.05) is 18.5 Å². The minimum Gasteiger partial charge on any atom is -0.403 e. The van der Waals surface area contributed by atoms with Crippen LogP contribution in [-0.4, -0.2) is 53.8 Å². The van der Waals surface area contributed by atoms with Gasteiger partial charge in [-0.2, -0.15) is 0 Å². The Balaban J connectivity index is 1.59. The summed E-state index contributed by atoms with van der Waals surface area (Å²) in [5, 5.41) is 9.99. The van der Waals surface area contributed by atoms with E-state index < -0.39 is 5.54 Å². The van der Waals surface area contributed by atoms with E-state index >= 15 is 0 Å². The number of hydrogen-bond donors (Lipinski definition) is 3. The summed E-state index contributed by atoms with van der Waals surface area (Å²) in [6.45, 7) is 16.7. The topological polar surface area (TPSA) is 88.7 Å². The summed E-state index contributed by atoms with van der Waals surface area (Å²) in [6, 6.07) is 10.9. The van der Waals surface area contributed by atoms with Gasteiger partial charge in [-0.25, -0.2) is 0 Å². The molecule has 1 aromatic rings. The van der Waals surface area contributed by atoms with Crippen LogP contribution >= 0.6 is 0 Å². The number of carbonyl (C=O) groups excluding carboxylic acids is 2. The first-order valence-electron chi connectivity index (χ1n) is 14.9. The Morgan fingerprint density at radius 3 is 2.13 bits per heavy atom. The smallest absolute Gasteiger partial charge is 0.403 e. The summed E-state index contributed by atoms with van der Waals surface area (Å²) in [6.07, 6.45) is 6.89. The third-order valence-corrected chi connectivity index (χ3v) is 8.61. The molecule has 1 saturated heterocycles. The molecular formula is C31H52BN3O4. The first-order chi connectivity index (χ1) is 18.1. The summed E-state index contributed by atoms with van der Waals surface area (Å²) >= 11 is 0. The van der Waals surface area contributed by atoms with E-state index in [9.17, 15) is 9.59 Å². The maximum atomic E-state index is 13.8. The van der Waals surface area contributed by atoms with Crippen LogP contribution in [0.2, 0.25) is 6.32 Å². The van der Waals surface area contributed by atoms with Crippen molar-refractivity contribution in [1.29, 1.82) is 0 Å². The largest absolute Gasteiger partial charge is 0.457 e.